The van der Waals surface area contributed by atoms with Crippen LogP contribution in [0.25, 0.3) is 0 Å². The molecule has 2 nitrogen and oxygen atoms in total. The molecule has 0 heterocycles. The van der Waals surface area contributed by atoms with Crippen LogP contribution in [0.2, 0.25) is 0 Å². The molecule has 0 aromatic carbocycles. The molecule has 0 aromatic rings. The van der Waals surface area contributed by atoms with Gasteiger partial charge in [0.05, 0.1) is 0 Å². The third kappa shape index (κ3) is 12.6. The molecule has 0 aliphatic heterocycles. The first-order valence-corrected chi connectivity index (χ1v) is 1.78. The van der Waals surface area contributed by atoms with Crippen LogP contribution in [0.3, 0.4) is 0 Å². The van der Waals surface area contributed by atoms with E-state index in [0.29, 0.717) is 6.42 Å². The molecule has 0 aliphatic carbocycles. The number of hydrogen-bond donors (Lipinski definition) is 1. The number of carbonyl (C=O) groups is 1. The van der Waals surface area contributed by atoms with Gasteiger partial charge in [-0.05, 0) is 0 Å². The zero-order valence-corrected chi connectivity index (χ0v) is 10.6. The van der Waals surface area contributed by atoms with Crippen molar-refractivity contribution in [2.45, 2.75) is 12.8 Å². The summed E-state index contributed by atoms with van der Waals surface area (Å²) >= 11 is 0. The monoisotopic (exact) mass is 354 g/mol. The Balaban J connectivity index is 0. The van der Waals surface area contributed by atoms with Gasteiger partial charge < -0.3 is 12.0 Å². The van der Waals surface area contributed by atoms with Gasteiger partial charge in [-0.3, -0.25) is 4.79 Å². The summed E-state index contributed by atoms with van der Waals surface area (Å²) < 4.78 is 0. The molecule has 0 fully saturated rings. The Morgan fingerprint density at radius 2 is 2.14 bits per heavy atom. The minimum Gasteiger partial charge on any atom is -0.481 e. The van der Waals surface area contributed by atoms with E-state index < -0.39 is 5.97 Å². The predicted molar refractivity (Wildman–Crippen MR) is 22.2 cm³/mol. The molecule has 7 heavy (non-hydrogen) atoms. The molecule has 0 amide bonds. The number of rotatable bonds is 2. The van der Waals surface area contributed by atoms with Crippen molar-refractivity contribution in [3.8, 4) is 0 Å². The summed E-state index contributed by atoms with van der Waals surface area (Å²) in [6.45, 7) is 3.34. The predicted octanol–water partition coefficient (Wildman–Crippen LogP) is 0.685. The first kappa shape index (κ1) is 9.08. The van der Waals surface area contributed by atoms with E-state index in [1.807, 2.05) is 0 Å². The summed E-state index contributed by atoms with van der Waals surface area (Å²) in [7, 11) is 0. The second-order valence-electron chi connectivity index (χ2n) is 0.997. The molecule has 0 aliphatic rings. The Morgan fingerprint density at radius 3 is 2.14 bits per heavy atom. The van der Waals surface area contributed by atoms with E-state index in [1.165, 1.54) is 0 Å². The molecule has 1 N–H and O–H groups in total. The molecule has 0 atom stereocenters. The van der Waals surface area contributed by atoms with E-state index in [-0.39, 0.29) is 6.42 Å². The van der Waals surface area contributed by atoms with Crippen LogP contribution in [0, 0.1) is 6.92 Å². The summed E-state index contributed by atoms with van der Waals surface area (Å²) in [4.78, 5) is 9.56. The molecule has 0 unspecified atom stereocenters. The van der Waals surface area contributed by atoms with Crippen LogP contribution in [-0.4, -0.2) is 11.1 Å². The molecule has 0 saturated heterocycles. The zero-order chi connectivity index (χ0) is 4.99. The summed E-state index contributed by atoms with van der Waals surface area (Å²) in [5.41, 5.74) is 0. The van der Waals surface area contributed by atoms with Gasteiger partial charge in [-0.2, -0.15) is 6.42 Å². The molecular formula is C4H7O2Rf-. The molecule has 0 aromatic heterocycles. The maximum absolute atomic E-state index is 9.56. The number of carboxylic acids is 1. The van der Waals surface area contributed by atoms with E-state index in [2.05, 4.69) is 6.92 Å². The third-order valence-electron chi connectivity index (χ3n) is 0.391. The van der Waals surface area contributed by atoms with E-state index in [4.69, 9.17) is 5.11 Å². The fourth-order valence-electron chi connectivity index (χ4n) is 0.151. The molecule has 38 valence electrons. The van der Waals surface area contributed by atoms with Crippen molar-refractivity contribution in [2.75, 3.05) is 0 Å². The second-order valence-corrected chi connectivity index (χ2v) is 0.997. The maximum atomic E-state index is 9.56. The minimum absolute atomic E-state index is 0. The van der Waals surface area contributed by atoms with Gasteiger partial charge in [0.1, 0.15) is 0 Å². The number of aliphatic carboxylic acids is 1. The van der Waals surface area contributed by atoms with Gasteiger partial charge in [-0.15, -0.1) is 0 Å². The van der Waals surface area contributed by atoms with Gasteiger partial charge in [0.25, 0.3) is 0 Å². The molecule has 3 heteroatoms. The van der Waals surface area contributed by atoms with Crippen molar-refractivity contribution >= 4 is 5.97 Å². The van der Waals surface area contributed by atoms with E-state index in [0.717, 1.165) is 0 Å². The Kier molecular flexibility index (Phi) is 5.80. The average Bonchev–Trinajstić information content (AvgIpc) is 1.35. The Morgan fingerprint density at radius 1 is 1.71 bits per heavy atom. The van der Waals surface area contributed by atoms with Crippen LogP contribution in [-0.2, 0) is 4.79 Å². The first-order chi connectivity index (χ1) is 2.77. The molecule has 0 bridgehead atoms. The Hall–Kier alpha value is -1.53. The van der Waals surface area contributed by atoms with Crippen molar-refractivity contribution in [3.05, 3.63) is 6.92 Å². The van der Waals surface area contributed by atoms with Crippen LogP contribution >= 0.6 is 0 Å². The molecule has 0 spiro atoms. The van der Waals surface area contributed by atoms with E-state index in [9.17, 15) is 4.79 Å². The van der Waals surface area contributed by atoms with Gasteiger partial charge >= 0.3 is 5.97 Å². The largest absolute Gasteiger partial charge is 0.481 e. The van der Waals surface area contributed by atoms with E-state index in [1.54, 1.807) is 0 Å². The Bertz CT molecular complexity index is 53.7. The maximum Gasteiger partial charge on any atom is 0.300 e. The normalized spacial score (nSPS) is 7.00. The van der Waals surface area contributed by atoms with Crippen molar-refractivity contribution < 1.29 is 9.90 Å². The van der Waals surface area contributed by atoms with Crippen LogP contribution in [0.15, 0.2) is 0 Å². The SMILES string of the molecule is [CH2-]CCC(=O)O.[Rf]. The summed E-state index contributed by atoms with van der Waals surface area (Å²) in [5, 5.41) is 7.87. The van der Waals surface area contributed by atoms with Gasteiger partial charge in [0.2, 0.25) is 0 Å². The van der Waals surface area contributed by atoms with Crippen LogP contribution < -0.4 is 0 Å². The quantitative estimate of drug-likeness (QED) is 0.741. The summed E-state index contributed by atoms with van der Waals surface area (Å²) in [6, 6.07) is 0. The number of carboxylic acid groups (broad SMARTS) is 1. The van der Waals surface area contributed by atoms with Crippen LogP contribution in [0.5, 0.6) is 0 Å². The third-order valence-corrected chi connectivity index (χ3v) is 0.391. The molecule has 0 saturated carbocycles. The fourth-order valence-corrected chi connectivity index (χ4v) is 0.151. The minimum atomic E-state index is -0.773. The Labute approximate surface area is 36.8 Å². The standard InChI is InChI=1S/C4H7O2.Rf/c1-2-3-4(5)6;/h1-3H2,(H,5,6);/q-1;. The first-order valence-electron chi connectivity index (χ1n) is 1.78. The topological polar surface area (TPSA) is 37.3 Å². The smallest absolute Gasteiger partial charge is 0.300 e. The van der Waals surface area contributed by atoms with Gasteiger partial charge in [-0.1, -0.05) is 0 Å². The molecule has 0 rings (SSSR count). The number of hydrogen-bond acceptors (Lipinski definition) is 1. The van der Waals surface area contributed by atoms with Crippen molar-refractivity contribution in [3.63, 3.8) is 0 Å². The van der Waals surface area contributed by atoms with Crippen LogP contribution in [0.1, 0.15) is 12.8 Å². The zero-order valence-electron chi connectivity index (χ0n) is 4.18. The van der Waals surface area contributed by atoms with Crippen molar-refractivity contribution in [1.29, 1.82) is 0 Å². The van der Waals surface area contributed by atoms with Crippen LogP contribution in [0.4, 0.5) is 0 Å². The average molecular weight is 354 g/mol. The van der Waals surface area contributed by atoms with Gasteiger partial charge in [0, 0.05) is 6.42 Å². The van der Waals surface area contributed by atoms with Gasteiger partial charge in [0.15, 0.2) is 0 Å². The second kappa shape index (κ2) is 4.47. The van der Waals surface area contributed by atoms with Crippen molar-refractivity contribution in [1.82, 2.24) is 0 Å². The summed E-state index contributed by atoms with van der Waals surface area (Å²) in [5.74, 6) is -0.773. The molecule has 0 radical (unpaired) electrons. The van der Waals surface area contributed by atoms with Gasteiger partial charge in [-0.25, -0.2) is 0 Å². The molecular weight excluding hydrogens is 347 g/mol. The van der Waals surface area contributed by atoms with E-state index >= 15 is 0 Å². The fraction of sp³-hybridized carbons (Fsp3) is 0.500. The summed E-state index contributed by atoms with van der Waals surface area (Å²) in [6.07, 6.45) is 0.662. The van der Waals surface area contributed by atoms with Crippen molar-refractivity contribution in [2.24, 2.45) is 0 Å².